The lowest BCUT2D eigenvalue weighted by molar-refractivity contribution is 0.202. The highest BCUT2D eigenvalue weighted by atomic mass is 19.1. The number of halogens is 1. The number of hydrogen-bond acceptors (Lipinski definition) is 2. The second-order valence-electron chi connectivity index (χ2n) is 7.15. The fraction of sp³-hybridized carbons (Fsp3) is 0.381. The van der Waals surface area contributed by atoms with Gasteiger partial charge in [-0.3, -0.25) is 4.90 Å². The van der Waals surface area contributed by atoms with E-state index in [2.05, 4.69) is 41.1 Å². The minimum absolute atomic E-state index is 0.387. The molecule has 130 valence electrons. The molecule has 2 aromatic carbocycles. The molecule has 0 radical (unpaired) electrons. The lowest BCUT2D eigenvalue weighted by Crippen LogP contribution is -2.32. The molecule has 0 bridgehead atoms. The lowest BCUT2D eigenvalue weighted by atomic mass is 9.95. The van der Waals surface area contributed by atoms with Crippen molar-refractivity contribution in [3.63, 3.8) is 0 Å². The zero-order valence-corrected chi connectivity index (χ0v) is 14.6. The van der Waals surface area contributed by atoms with Gasteiger partial charge in [0.05, 0.1) is 11.0 Å². The molecular weight excluding hydrogens is 313 g/mol. The summed E-state index contributed by atoms with van der Waals surface area (Å²) in [6.45, 7) is 4.73. The predicted octanol–water partition coefficient (Wildman–Crippen LogP) is 4.72. The highest BCUT2D eigenvalue weighted by Crippen LogP contribution is 2.28. The second-order valence-corrected chi connectivity index (χ2v) is 7.15. The Labute approximate surface area is 147 Å². The highest BCUT2D eigenvalue weighted by molar-refractivity contribution is 5.75. The minimum Gasteiger partial charge on any atom is -0.342 e. The van der Waals surface area contributed by atoms with Crippen LogP contribution in [0.15, 0.2) is 42.5 Å². The molecule has 1 saturated heterocycles. The molecule has 4 rings (SSSR count). The van der Waals surface area contributed by atoms with E-state index in [1.165, 1.54) is 11.1 Å². The Balaban J connectivity index is 1.40. The SMILES string of the molecule is Cc1ccc2nc(C3CCN(Cc4cccc(CF)c4)CC3)[nH]c2c1. The quantitative estimate of drug-likeness (QED) is 0.747. The van der Waals surface area contributed by atoms with Crippen LogP contribution in [0.5, 0.6) is 0 Å². The maximum atomic E-state index is 12.8. The molecule has 1 fully saturated rings. The van der Waals surface area contributed by atoms with E-state index in [0.717, 1.165) is 54.9 Å². The summed E-state index contributed by atoms with van der Waals surface area (Å²) >= 11 is 0. The molecule has 1 aliphatic rings. The summed E-state index contributed by atoms with van der Waals surface area (Å²) in [5, 5.41) is 0. The van der Waals surface area contributed by atoms with Gasteiger partial charge in [-0.25, -0.2) is 9.37 Å². The van der Waals surface area contributed by atoms with Crippen molar-refractivity contribution in [3.8, 4) is 0 Å². The van der Waals surface area contributed by atoms with Gasteiger partial charge in [-0.15, -0.1) is 0 Å². The van der Waals surface area contributed by atoms with Gasteiger partial charge in [-0.05, 0) is 61.7 Å². The molecule has 2 heterocycles. The van der Waals surface area contributed by atoms with Gasteiger partial charge in [0.2, 0.25) is 0 Å². The number of benzene rings is 2. The Morgan fingerprint density at radius 2 is 1.92 bits per heavy atom. The molecular formula is C21H24FN3. The summed E-state index contributed by atoms with van der Waals surface area (Å²) in [6, 6.07) is 14.2. The summed E-state index contributed by atoms with van der Waals surface area (Å²) in [5.41, 5.74) is 5.43. The molecule has 25 heavy (non-hydrogen) atoms. The molecule has 0 aliphatic carbocycles. The molecule has 1 N–H and O–H groups in total. The molecule has 0 saturated carbocycles. The highest BCUT2D eigenvalue weighted by Gasteiger charge is 2.23. The zero-order chi connectivity index (χ0) is 17.2. The smallest absolute Gasteiger partial charge is 0.115 e. The summed E-state index contributed by atoms with van der Waals surface area (Å²) in [7, 11) is 0. The Kier molecular flexibility index (Phi) is 4.53. The summed E-state index contributed by atoms with van der Waals surface area (Å²) < 4.78 is 12.8. The first-order chi connectivity index (χ1) is 12.2. The first-order valence-corrected chi connectivity index (χ1v) is 9.03. The number of piperidine rings is 1. The number of nitrogens with one attached hydrogen (secondary N) is 1. The fourth-order valence-electron chi connectivity index (χ4n) is 3.77. The van der Waals surface area contributed by atoms with Gasteiger partial charge < -0.3 is 4.98 Å². The van der Waals surface area contributed by atoms with Crippen molar-refractivity contribution in [2.24, 2.45) is 0 Å². The number of rotatable bonds is 4. The molecule has 0 amide bonds. The van der Waals surface area contributed by atoms with E-state index in [-0.39, 0.29) is 6.67 Å². The van der Waals surface area contributed by atoms with E-state index >= 15 is 0 Å². The third-order valence-corrected chi connectivity index (χ3v) is 5.18. The summed E-state index contributed by atoms with van der Waals surface area (Å²) in [5.74, 6) is 1.63. The van der Waals surface area contributed by atoms with Gasteiger partial charge in [0.15, 0.2) is 0 Å². The van der Waals surface area contributed by atoms with Crippen LogP contribution < -0.4 is 0 Å². The molecule has 3 aromatic rings. The van der Waals surface area contributed by atoms with E-state index in [1.54, 1.807) is 0 Å². The van der Waals surface area contributed by atoms with Crippen LogP contribution in [-0.4, -0.2) is 28.0 Å². The topological polar surface area (TPSA) is 31.9 Å². The number of imidazole rings is 1. The molecule has 0 unspecified atom stereocenters. The number of aryl methyl sites for hydroxylation is 1. The van der Waals surface area contributed by atoms with Gasteiger partial charge in [-0.2, -0.15) is 0 Å². The van der Waals surface area contributed by atoms with E-state index in [0.29, 0.717) is 5.92 Å². The van der Waals surface area contributed by atoms with Crippen molar-refractivity contribution in [1.29, 1.82) is 0 Å². The predicted molar refractivity (Wildman–Crippen MR) is 99.3 cm³/mol. The van der Waals surface area contributed by atoms with E-state index in [4.69, 9.17) is 4.98 Å². The second kappa shape index (κ2) is 6.96. The maximum absolute atomic E-state index is 12.8. The minimum atomic E-state index is -0.387. The van der Waals surface area contributed by atoms with Gasteiger partial charge in [0.25, 0.3) is 0 Å². The monoisotopic (exact) mass is 337 g/mol. The number of aromatic amines is 1. The van der Waals surface area contributed by atoms with Crippen molar-refractivity contribution in [2.45, 2.75) is 38.9 Å². The van der Waals surface area contributed by atoms with Gasteiger partial charge in [0, 0.05) is 12.5 Å². The molecule has 4 heteroatoms. The largest absolute Gasteiger partial charge is 0.342 e. The fourth-order valence-corrected chi connectivity index (χ4v) is 3.77. The Morgan fingerprint density at radius 3 is 2.72 bits per heavy atom. The van der Waals surface area contributed by atoms with E-state index in [9.17, 15) is 4.39 Å². The van der Waals surface area contributed by atoms with Crippen molar-refractivity contribution in [1.82, 2.24) is 14.9 Å². The van der Waals surface area contributed by atoms with Gasteiger partial charge in [0.1, 0.15) is 12.5 Å². The van der Waals surface area contributed by atoms with Crippen LogP contribution in [0, 0.1) is 6.92 Å². The summed E-state index contributed by atoms with van der Waals surface area (Å²) in [4.78, 5) is 10.8. The number of likely N-dealkylation sites (tertiary alicyclic amines) is 1. The van der Waals surface area contributed by atoms with Crippen LogP contribution in [0.4, 0.5) is 4.39 Å². The standard InChI is InChI=1S/C21H24FN3/c1-15-5-6-19-20(11-15)24-21(23-19)18-7-9-25(10-8-18)14-17-4-2-3-16(12-17)13-22/h2-6,11-12,18H,7-10,13-14H2,1H3,(H,23,24). The normalized spacial score (nSPS) is 16.6. The van der Waals surface area contributed by atoms with Crippen LogP contribution in [0.2, 0.25) is 0 Å². The van der Waals surface area contributed by atoms with Crippen molar-refractivity contribution in [3.05, 3.63) is 65.0 Å². The molecule has 1 aromatic heterocycles. The number of alkyl halides is 1. The van der Waals surface area contributed by atoms with Crippen molar-refractivity contribution >= 4 is 11.0 Å². The van der Waals surface area contributed by atoms with Crippen LogP contribution in [0.3, 0.4) is 0 Å². The average Bonchev–Trinajstić information content (AvgIpc) is 3.05. The van der Waals surface area contributed by atoms with Crippen LogP contribution in [0.25, 0.3) is 11.0 Å². The first-order valence-electron chi connectivity index (χ1n) is 9.03. The number of fused-ring (bicyclic) bond motifs is 1. The Hall–Kier alpha value is -2.20. The Bertz CT molecular complexity index is 862. The molecule has 1 aliphatic heterocycles. The van der Waals surface area contributed by atoms with E-state index in [1.807, 2.05) is 18.2 Å². The lowest BCUT2D eigenvalue weighted by Gasteiger charge is -2.31. The number of hydrogen-bond donors (Lipinski definition) is 1. The molecule has 0 atom stereocenters. The van der Waals surface area contributed by atoms with Crippen molar-refractivity contribution < 1.29 is 4.39 Å². The van der Waals surface area contributed by atoms with Crippen LogP contribution in [-0.2, 0) is 13.2 Å². The van der Waals surface area contributed by atoms with Crippen molar-refractivity contribution in [2.75, 3.05) is 13.1 Å². The Morgan fingerprint density at radius 1 is 1.12 bits per heavy atom. The van der Waals surface area contributed by atoms with Gasteiger partial charge in [-0.1, -0.05) is 30.3 Å². The molecule has 3 nitrogen and oxygen atoms in total. The summed E-state index contributed by atoms with van der Waals surface area (Å²) in [6.07, 6.45) is 2.23. The van der Waals surface area contributed by atoms with Crippen LogP contribution in [0.1, 0.15) is 41.3 Å². The third-order valence-electron chi connectivity index (χ3n) is 5.18. The zero-order valence-electron chi connectivity index (χ0n) is 14.6. The maximum Gasteiger partial charge on any atom is 0.115 e. The third kappa shape index (κ3) is 3.59. The van der Waals surface area contributed by atoms with Crippen LogP contribution >= 0.6 is 0 Å². The van der Waals surface area contributed by atoms with Gasteiger partial charge >= 0.3 is 0 Å². The number of aromatic nitrogens is 2. The number of H-pyrrole nitrogens is 1. The van der Waals surface area contributed by atoms with E-state index < -0.39 is 0 Å². The molecule has 0 spiro atoms. The average molecular weight is 337 g/mol. The number of nitrogens with zero attached hydrogens (tertiary/aromatic N) is 2. The first kappa shape index (κ1) is 16.3.